The smallest absolute Gasteiger partial charge is 0.227 e. The summed E-state index contributed by atoms with van der Waals surface area (Å²) in [6.07, 6.45) is 1.48. The lowest BCUT2D eigenvalue weighted by Crippen LogP contribution is -2.42. The van der Waals surface area contributed by atoms with Gasteiger partial charge in [0.25, 0.3) is 0 Å². The number of anilines is 1. The molecular formula is C18H17FN4O. The molecule has 3 aromatic rings. The normalized spacial score (nSPS) is 19.9. The maximum Gasteiger partial charge on any atom is 0.227 e. The van der Waals surface area contributed by atoms with E-state index in [1.165, 1.54) is 12.1 Å². The molecule has 1 aromatic heterocycles. The lowest BCUT2D eigenvalue weighted by Gasteiger charge is -2.31. The van der Waals surface area contributed by atoms with E-state index in [1.54, 1.807) is 12.1 Å². The summed E-state index contributed by atoms with van der Waals surface area (Å²) in [6, 6.07) is 11.9. The lowest BCUT2D eigenvalue weighted by molar-refractivity contribution is -0.122. The molecule has 1 heterocycles. The molecule has 0 bridgehead atoms. The van der Waals surface area contributed by atoms with Crippen molar-refractivity contribution in [2.45, 2.75) is 18.9 Å². The SMILES string of the molecule is NC1CC(C(=O)Nc2ccc3nc(-c4cccc(F)c4)[nH]c3c2)C1. The molecule has 0 radical (unpaired) electrons. The number of carbonyl (C=O) groups excluding carboxylic acids is 1. The van der Waals surface area contributed by atoms with Crippen LogP contribution >= 0.6 is 0 Å². The first-order valence-corrected chi connectivity index (χ1v) is 7.90. The van der Waals surface area contributed by atoms with Gasteiger partial charge in [-0.25, -0.2) is 9.37 Å². The highest BCUT2D eigenvalue weighted by Gasteiger charge is 2.31. The fourth-order valence-electron chi connectivity index (χ4n) is 2.98. The van der Waals surface area contributed by atoms with E-state index in [4.69, 9.17) is 5.73 Å². The minimum absolute atomic E-state index is 0.000295. The Morgan fingerprint density at radius 1 is 1.25 bits per heavy atom. The highest BCUT2D eigenvalue weighted by Crippen LogP contribution is 2.28. The number of H-pyrrole nitrogens is 1. The zero-order valence-corrected chi connectivity index (χ0v) is 12.9. The van der Waals surface area contributed by atoms with E-state index in [1.807, 2.05) is 18.2 Å². The van der Waals surface area contributed by atoms with Gasteiger partial charge < -0.3 is 16.0 Å². The number of aromatic amines is 1. The Morgan fingerprint density at radius 3 is 2.83 bits per heavy atom. The van der Waals surface area contributed by atoms with E-state index >= 15 is 0 Å². The van der Waals surface area contributed by atoms with Crippen molar-refractivity contribution in [3.8, 4) is 11.4 Å². The minimum atomic E-state index is -0.306. The standard InChI is InChI=1S/C18H17FN4O/c19-12-3-1-2-10(6-12)17-22-15-5-4-14(9-16(15)23-17)21-18(24)11-7-13(20)8-11/h1-6,9,11,13H,7-8,20H2,(H,21,24)(H,22,23). The zero-order chi connectivity index (χ0) is 16.7. The third kappa shape index (κ3) is 2.76. The molecule has 2 aromatic carbocycles. The van der Waals surface area contributed by atoms with E-state index < -0.39 is 0 Å². The molecule has 0 atom stereocenters. The number of nitrogens with zero attached hydrogens (tertiary/aromatic N) is 1. The van der Waals surface area contributed by atoms with Gasteiger partial charge in [0, 0.05) is 23.2 Å². The lowest BCUT2D eigenvalue weighted by atomic mass is 9.80. The van der Waals surface area contributed by atoms with E-state index in [2.05, 4.69) is 15.3 Å². The fraction of sp³-hybridized carbons (Fsp3) is 0.222. The Morgan fingerprint density at radius 2 is 2.08 bits per heavy atom. The average molecular weight is 324 g/mol. The maximum atomic E-state index is 13.4. The van der Waals surface area contributed by atoms with Crippen molar-refractivity contribution >= 4 is 22.6 Å². The molecule has 1 fully saturated rings. The molecule has 1 aliphatic rings. The van der Waals surface area contributed by atoms with Gasteiger partial charge >= 0.3 is 0 Å². The van der Waals surface area contributed by atoms with Crippen LogP contribution in [0, 0.1) is 11.7 Å². The van der Waals surface area contributed by atoms with E-state index in [0.29, 0.717) is 17.1 Å². The first kappa shape index (κ1) is 14.8. The number of benzene rings is 2. The quantitative estimate of drug-likeness (QED) is 0.692. The van der Waals surface area contributed by atoms with Gasteiger partial charge in [0.15, 0.2) is 0 Å². The Balaban J connectivity index is 1.58. The topological polar surface area (TPSA) is 83.8 Å². The fourth-order valence-corrected chi connectivity index (χ4v) is 2.98. The zero-order valence-electron chi connectivity index (χ0n) is 12.9. The van der Waals surface area contributed by atoms with Crippen molar-refractivity contribution in [3.63, 3.8) is 0 Å². The summed E-state index contributed by atoms with van der Waals surface area (Å²) in [6.45, 7) is 0. The van der Waals surface area contributed by atoms with Gasteiger partial charge in [-0.2, -0.15) is 0 Å². The number of hydrogen-bond acceptors (Lipinski definition) is 3. The average Bonchev–Trinajstić information content (AvgIpc) is 2.95. The van der Waals surface area contributed by atoms with Crippen molar-refractivity contribution in [2.24, 2.45) is 11.7 Å². The van der Waals surface area contributed by atoms with Crippen LogP contribution in [0.4, 0.5) is 10.1 Å². The van der Waals surface area contributed by atoms with Crippen LogP contribution in [0.1, 0.15) is 12.8 Å². The molecular weight excluding hydrogens is 307 g/mol. The van der Waals surface area contributed by atoms with Gasteiger partial charge in [-0.1, -0.05) is 12.1 Å². The number of hydrogen-bond donors (Lipinski definition) is 3. The molecule has 5 nitrogen and oxygen atoms in total. The van der Waals surface area contributed by atoms with Gasteiger partial charge in [0.05, 0.1) is 11.0 Å². The molecule has 0 aliphatic heterocycles. The van der Waals surface area contributed by atoms with Crippen LogP contribution < -0.4 is 11.1 Å². The van der Waals surface area contributed by atoms with Crippen LogP contribution in [-0.4, -0.2) is 21.9 Å². The van der Waals surface area contributed by atoms with Crippen LogP contribution in [0.3, 0.4) is 0 Å². The van der Waals surface area contributed by atoms with Crippen LogP contribution in [0.25, 0.3) is 22.4 Å². The summed E-state index contributed by atoms with van der Waals surface area (Å²) in [5, 5.41) is 2.91. The second-order valence-electron chi connectivity index (χ2n) is 6.25. The molecule has 6 heteroatoms. The monoisotopic (exact) mass is 324 g/mol. The number of halogens is 1. The summed E-state index contributed by atoms with van der Waals surface area (Å²) in [7, 11) is 0. The Labute approximate surface area is 138 Å². The van der Waals surface area contributed by atoms with Gasteiger partial charge in [-0.15, -0.1) is 0 Å². The van der Waals surface area contributed by atoms with Crippen molar-refractivity contribution in [1.29, 1.82) is 0 Å². The predicted molar refractivity (Wildman–Crippen MR) is 90.8 cm³/mol. The van der Waals surface area contributed by atoms with Crippen molar-refractivity contribution in [1.82, 2.24) is 9.97 Å². The van der Waals surface area contributed by atoms with Crippen molar-refractivity contribution < 1.29 is 9.18 Å². The molecule has 4 N–H and O–H groups in total. The summed E-state index contributed by atoms with van der Waals surface area (Å²) in [5.74, 6) is 0.291. The van der Waals surface area contributed by atoms with Crippen LogP contribution in [0.5, 0.6) is 0 Å². The summed E-state index contributed by atoms with van der Waals surface area (Å²) < 4.78 is 13.4. The van der Waals surface area contributed by atoms with Crippen LogP contribution in [0.15, 0.2) is 42.5 Å². The number of amides is 1. The van der Waals surface area contributed by atoms with Crippen LogP contribution in [0.2, 0.25) is 0 Å². The van der Waals surface area contributed by atoms with E-state index in [9.17, 15) is 9.18 Å². The molecule has 1 aliphatic carbocycles. The Bertz CT molecular complexity index is 914. The van der Waals surface area contributed by atoms with Gasteiger partial charge in [0.1, 0.15) is 11.6 Å². The number of fused-ring (bicyclic) bond motifs is 1. The second-order valence-corrected chi connectivity index (χ2v) is 6.25. The first-order valence-electron chi connectivity index (χ1n) is 7.90. The first-order chi connectivity index (χ1) is 11.6. The molecule has 4 rings (SSSR count). The number of aromatic nitrogens is 2. The van der Waals surface area contributed by atoms with Gasteiger partial charge in [-0.3, -0.25) is 4.79 Å². The summed E-state index contributed by atoms with van der Waals surface area (Å²) in [4.78, 5) is 19.7. The van der Waals surface area contributed by atoms with E-state index in [-0.39, 0.29) is 23.7 Å². The van der Waals surface area contributed by atoms with Crippen molar-refractivity contribution in [2.75, 3.05) is 5.32 Å². The number of nitrogens with one attached hydrogen (secondary N) is 2. The number of rotatable bonds is 3. The van der Waals surface area contributed by atoms with E-state index in [0.717, 1.165) is 23.9 Å². The molecule has 0 spiro atoms. The molecule has 1 amide bonds. The summed E-state index contributed by atoms with van der Waals surface area (Å²) in [5.41, 5.74) is 8.67. The van der Waals surface area contributed by atoms with Crippen LogP contribution in [-0.2, 0) is 4.79 Å². The highest BCUT2D eigenvalue weighted by atomic mass is 19.1. The summed E-state index contributed by atoms with van der Waals surface area (Å²) >= 11 is 0. The number of nitrogens with two attached hydrogens (primary N) is 1. The maximum absolute atomic E-state index is 13.4. The molecule has 122 valence electrons. The highest BCUT2D eigenvalue weighted by molar-refractivity contribution is 5.95. The van der Waals surface area contributed by atoms with Gasteiger partial charge in [-0.05, 0) is 43.2 Å². The van der Waals surface area contributed by atoms with Crippen molar-refractivity contribution in [3.05, 3.63) is 48.3 Å². The number of carbonyl (C=O) groups is 1. The molecule has 0 saturated heterocycles. The second kappa shape index (κ2) is 5.72. The molecule has 0 unspecified atom stereocenters. The Kier molecular flexibility index (Phi) is 3.54. The predicted octanol–water partition coefficient (Wildman–Crippen LogP) is 3.04. The molecule has 1 saturated carbocycles. The third-order valence-corrected chi connectivity index (χ3v) is 4.39. The third-order valence-electron chi connectivity index (χ3n) is 4.39. The minimum Gasteiger partial charge on any atom is -0.338 e. The van der Waals surface area contributed by atoms with Gasteiger partial charge in [0.2, 0.25) is 5.91 Å². The largest absolute Gasteiger partial charge is 0.338 e. The Hall–Kier alpha value is -2.73. The molecule has 24 heavy (non-hydrogen) atoms. The number of imidazole rings is 1.